The van der Waals surface area contributed by atoms with Gasteiger partial charge < -0.3 is 14.8 Å². The average Bonchev–Trinajstić information content (AvgIpc) is 3.08. The number of imide groups is 1. The Morgan fingerprint density at radius 1 is 1.12 bits per heavy atom. The van der Waals surface area contributed by atoms with Crippen LogP contribution in [0.3, 0.4) is 0 Å². The van der Waals surface area contributed by atoms with Gasteiger partial charge in [-0.1, -0.05) is 32.4 Å². The Morgan fingerprint density at radius 3 is 2.26 bits per heavy atom. The predicted octanol–water partition coefficient (Wildman–Crippen LogP) is 2.80. The minimum absolute atomic E-state index is 0.0531. The highest BCUT2D eigenvalue weighted by Gasteiger charge is 2.45. The van der Waals surface area contributed by atoms with E-state index in [1.54, 1.807) is 26.0 Å². The fourth-order valence-electron chi connectivity index (χ4n) is 3.58. The van der Waals surface area contributed by atoms with Crippen LogP contribution in [0.15, 0.2) is 42.5 Å². The monoisotopic (exact) mass is 469 g/mol. The van der Waals surface area contributed by atoms with E-state index in [0.717, 1.165) is 11.0 Å². The van der Waals surface area contributed by atoms with Crippen molar-refractivity contribution in [1.82, 2.24) is 4.90 Å². The Morgan fingerprint density at radius 2 is 1.74 bits per heavy atom. The summed E-state index contributed by atoms with van der Waals surface area (Å²) in [4.78, 5) is 62.2. The van der Waals surface area contributed by atoms with E-state index >= 15 is 0 Å². The molecule has 1 aliphatic heterocycles. The number of ether oxygens (including phenoxy) is 2. The maximum atomic E-state index is 12.9. The van der Waals surface area contributed by atoms with Crippen LogP contribution in [0.2, 0.25) is 0 Å². The number of methoxy groups -OCH3 is 1. The van der Waals surface area contributed by atoms with E-state index in [-0.39, 0.29) is 28.3 Å². The topological polar surface area (TPSA) is 145 Å². The molecule has 0 spiro atoms. The smallest absolute Gasteiger partial charge is 0.330 e. The summed E-state index contributed by atoms with van der Waals surface area (Å²) < 4.78 is 10.2. The Labute approximate surface area is 194 Å². The van der Waals surface area contributed by atoms with Crippen LogP contribution in [0.1, 0.15) is 41.0 Å². The summed E-state index contributed by atoms with van der Waals surface area (Å²) >= 11 is 0. The number of hydrogen-bond acceptors (Lipinski definition) is 8. The van der Waals surface area contributed by atoms with E-state index in [1.807, 2.05) is 0 Å². The molecule has 1 N–H and O–H groups in total. The number of benzene rings is 2. The highest BCUT2D eigenvalue weighted by molar-refractivity contribution is 6.22. The van der Waals surface area contributed by atoms with Gasteiger partial charge in [-0.15, -0.1) is 0 Å². The quantitative estimate of drug-likeness (QED) is 0.255. The molecule has 34 heavy (non-hydrogen) atoms. The summed E-state index contributed by atoms with van der Waals surface area (Å²) in [6.07, 6.45) is 0.472. The molecule has 0 aliphatic carbocycles. The molecule has 0 fully saturated rings. The molecule has 0 unspecified atom stereocenters. The molecule has 0 radical (unpaired) electrons. The van der Waals surface area contributed by atoms with Gasteiger partial charge in [0.15, 0.2) is 6.61 Å². The van der Waals surface area contributed by atoms with Crippen molar-refractivity contribution in [3.63, 3.8) is 0 Å². The number of rotatable bonds is 9. The number of fused-ring (bicyclic) bond motifs is 1. The maximum absolute atomic E-state index is 12.9. The normalized spacial score (nSPS) is 14.3. The number of carbonyl (C=O) groups excluding carboxylic acids is 4. The van der Waals surface area contributed by atoms with Crippen LogP contribution in [-0.2, 0) is 14.3 Å². The minimum Gasteiger partial charge on any atom is -0.494 e. The highest BCUT2D eigenvalue weighted by atomic mass is 16.6. The molecule has 3 amide bonds. The molecule has 2 atom stereocenters. The predicted molar refractivity (Wildman–Crippen MR) is 119 cm³/mol. The molecular formula is C23H23N3O8. The zero-order valence-corrected chi connectivity index (χ0v) is 18.8. The van der Waals surface area contributed by atoms with Crippen LogP contribution in [-0.4, -0.2) is 53.3 Å². The highest BCUT2D eigenvalue weighted by Crippen LogP contribution is 2.30. The van der Waals surface area contributed by atoms with E-state index in [4.69, 9.17) is 9.47 Å². The summed E-state index contributed by atoms with van der Waals surface area (Å²) in [7, 11) is 1.29. The van der Waals surface area contributed by atoms with Crippen molar-refractivity contribution >= 4 is 35.1 Å². The van der Waals surface area contributed by atoms with Crippen molar-refractivity contribution in [2.45, 2.75) is 26.3 Å². The summed E-state index contributed by atoms with van der Waals surface area (Å²) in [5.41, 5.74) is 0.333. The summed E-state index contributed by atoms with van der Waals surface area (Å²) in [6, 6.07) is 8.69. The number of nitro benzene ring substituents is 1. The molecule has 0 saturated heterocycles. The third kappa shape index (κ3) is 4.72. The number of nitrogens with one attached hydrogen (secondary N) is 1. The van der Waals surface area contributed by atoms with Gasteiger partial charge in [-0.3, -0.25) is 29.4 Å². The van der Waals surface area contributed by atoms with Gasteiger partial charge in [0.1, 0.15) is 11.8 Å². The lowest BCUT2D eigenvalue weighted by Gasteiger charge is -2.28. The van der Waals surface area contributed by atoms with Gasteiger partial charge in [-0.2, -0.15) is 0 Å². The molecule has 3 rings (SSSR count). The second-order valence-corrected chi connectivity index (χ2v) is 7.65. The minimum atomic E-state index is -1.21. The van der Waals surface area contributed by atoms with E-state index < -0.39 is 47.2 Å². The molecule has 11 nitrogen and oxygen atoms in total. The number of nitrogens with zero attached hydrogens (tertiary/aromatic N) is 2. The van der Waals surface area contributed by atoms with Gasteiger partial charge >= 0.3 is 5.97 Å². The van der Waals surface area contributed by atoms with E-state index in [1.165, 1.54) is 31.4 Å². The largest absolute Gasteiger partial charge is 0.494 e. The van der Waals surface area contributed by atoms with Crippen molar-refractivity contribution in [2.24, 2.45) is 5.92 Å². The Hall–Kier alpha value is -4.28. The number of hydrogen-bond donors (Lipinski definition) is 1. The van der Waals surface area contributed by atoms with Crippen molar-refractivity contribution in [3.05, 3.63) is 63.7 Å². The Balaban J connectivity index is 1.72. The second kappa shape index (κ2) is 10.1. The van der Waals surface area contributed by atoms with Gasteiger partial charge in [0.25, 0.3) is 23.4 Å². The third-order valence-corrected chi connectivity index (χ3v) is 5.54. The fourth-order valence-corrected chi connectivity index (χ4v) is 3.58. The van der Waals surface area contributed by atoms with Crippen molar-refractivity contribution in [1.29, 1.82) is 0 Å². The number of amides is 3. The second-order valence-electron chi connectivity index (χ2n) is 7.65. The van der Waals surface area contributed by atoms with Crippen LogP contribution in [0.4, 0.5) is 11.4 Å². The molecule has 0 saturated carbocycles. The van der Waals surface area contributed by atoms with E-state index in [2.05, 4.69) is 5.32 Å². The van der Waals surface area contributed by atoms with Crippen molar-refractivity contribution < 1.29 is 33.6 Å². The average molecular weight is 469 g/mol. The molecule has 11 heteroatoms. The molecule has 0 bridgehead atoms. The number of carbonyl (C=O) groups is 4. The molecule has 0 aromatic heterocycles. The molecule has 2 aromatic rings. The third-order valence-electron chi connectivity index (χ3n) is 5.54. The fraction of sp³-hybridized carbons (Fsp3) is 0.304. The summed E-state index contributed by atoms with van der Waals surface area (Å²) in [5, 5.41) is 13.4. The van der Waals surface area contributed by atoms with Gasteiger partial charge in [0.2, 0.25) is 0 Å². The first-order valence-corrected chi connectivity index (χ1v) is 10.4. The van der Waals surface area contributed by atoms with Crippen LogP contribution in [0.25, 0.3) is 0 Å². The van der Waals surface area contributed by atoms with Crippen molar-refractivity contribution in [3.8, 4) is 5.75 Å². The maximum Gasteiger partial charge on any atom is 0.330 e. The molecular weight excluding hydrogens is 446 g/mol. The summed E-state index contributed by atoms with van der Waals surface area (Å²) in [6.45, 7) is 2.81. The number of esters is 1. The zero-order chi connectivity index (χ0) is 25.0. The van der Waals surface area contributed by atoms with Crippen LogP contribution < -0.4 is 10.1 Å². The first kappa shape index (κ1) is 24.4. The lowest BCUT2D eigenvalue weighted by atomic mass is 9.97. The standard InChI is InChI=1S/C23H23N3O8/c1-4-13(2)20(25-21(28)15-7-5-6-8-16(15)22(25)29)23(30)34-12-19(27)24-17-10-9-14(26(31)32)11-18(17)33-3/h5-11,13,20H,4,12H2,1-3H3,(H,24,27)/t13-,20-/m0/s1. The van der Waals surface area contributed by atoms with Crippen molar-refractivity contribution in [2.75, 3.05) is 19.0 Å². The molecule has 1 heterocycles. The Kier molecular flexibility index (Phi) is 7.24. The van der Waals surface area contributed by atoms with Crippen LogP contribution in [0, 0.1) is 16.0 Å². The van der Waals surface area contributed by atoms with Gasteiger partial charge in [0, 0.05) is 6.07 Å². The first-order valence-electron chi connectivity index (χ1n) is 10.4. The molecule has 178 valence electrons. The lowest BCUT2D eigenvalue weighted by molar-refractivity contribution is -0.384. The van der Waals surface area contributed by atoms with Gasteiger partial charge in [-0.05, 0) is 24.1 Å². The number of anilines is 1. The van der Waals surface area contributed by atoms with E-state index in [9.17, 15) is 29.3 Å². The van der Waals surface area contributed by atoms with Crippen LogP contribution >= 0.6 is 0 Å². The van der Waals surface area contributed by atoms with Gasteiger partial charge in [0.05, 0.1) is 34.9 Å². The molecule has 2 aromatic carbocycles. The SMILES string of the molecule is CC[C@H](C)[C@@H](C(=O)OCC(=O)Nc1ccc([N+](=O)[O-])cc1OC)N1C(=O)c2ccccc2C1=O. The summed E-state index contributed by atoms with van der Waals surface area (Å²) in [5.74, 6) is -3.18. The van der Waals surface area contributed by atoms with Crippen LogP contribution in [0.5, 0.6) is 5.75 Å². The number of nitro groups is 1. The van der Waals surface area contributed by atoms with Gasteiger partial charge in [-0.25, -0.2) is 4.79 Å². The van der Waals surface area contributed by atoms with E-state index in [0.29, 0.717) is 6.42 Å². The Bertz CT molecular complexity index is 1130. The lowest BCUT2D eigenvalue weighted by Crippen LogP contribution is -2.49. The molecule has 1 aliphatic rings. The first-order chi connectivity index (χ1) is 16.2. The zero-order valence-electron chi connectivity index (χ0n) is 18.8. The number of non-ortho nitro benzene ring substituents is 1.